The normalized spacial score (nSPS) is 10.9. The van der Waals surface area contributed by atoms with Gasteiger partial charge in [-0.3, -0.25) is 4.98 Å². The van der Waals surface area contributed by atoms with Crippen molar-refractivity contribution in [1.82, 2.24) is 4.98 Å². The van der Waals surface area contributed by atoms with Crippen molar-refractivity contribution in [2.45, 2.75) is 12.8 Å². The number of aromatic nitrogens is 1. The van der Waals surface area contributed by atoms with Gasteiger partial charge in [0.15, 0.2) is 0 Å². The van der Waals surface area contributed by atoms with E-state index in [0.29, 0.717) is 5.52 Å². The van der Waals surface area contributed by atoms with Gasteiger partial charge in [0.1, 0.15) is 11.3 Å². The van der Waals surface area contributed by atoms with Crippen LogP contribution in [0.4, 0.5) is 0 Å². The SMILES string of the molecule is BrCOc1ccc2cc(Cc3ccccc3)nc(Cc3ccccc3)c2c1. The second-order valence-electron chi connectivity index (χ2n) is 6.52. The van der Waals surface area contributed by atoms with Crippen LogP contribution >= 0.6 is 15.9 Å². The Kier molecular flexibility index (Phi) is 5.50. The van der Waals surface area contributed by atoms with Crippen LogP contribution in [0.2, 0.25) is 0 Å². The Labute approximate surface area is 168 Å². The lowest BCUT2D eigenvalue weighted by molar-refractivity contribution is 0.398. The summed E-state index contributed by atoms with van der Waals surface area (Å²) in [4.78, 5) is 5.03. The molecule has 3 heteroatoms. The highest BCUT2D eigenvalue weighted by Gasteiger charge is 2.09. The fourth-order valence-corrected chi connectivity index (χ4v) is 3.59. The molecule has 0 amide bonds. The molecule has 0 atom stereocenters. The van der Waals surface area contributed by atoms with E-state index in [1.165, 1.54) is 16.5 Å². The summed E-state index contributed by atoms with van der Waals surface area (Å²) in [5.41, 5.74) is 5.19. The second-order valence-corrected chi connectivity index (χ2v) is 6.98. The summed E-state index contributed by atoms with van der Waals surface area (Å²) in [7, 11) is 0. The molecule has 0 saturated heterocycles. The summed E-state index contributed by atoms with van der Waals surface area (Å²) < 4.78 is 5.63. The highest BCUT2D eigenvalue weighted by Crippen LogP contribution is 2.27. The van der Waals surface area contributed by atoms with Gasteiger partial charge in [0.05, 0.1) is 5.69 Å². The van der Waals surface area contributed by atoms with Gasteiger partial charge in [0.25, 0.3) is 0 Å². The first kappa shape index (κ1) is 17.7. The van der Waals surface area contributed by atoms with Crippen LogP contribution in [0.3, 0.4) is 0 Å². The second kappa shape index (κ2) is 8.36. The fraction of sp³-hybridized carbons (Fsp3) is 0.125. The minimum absolute atomic E-state index is 0.478. The molecule has 0 radical (unpaired) electrons. The minimum atomic E-state index is 0.478. The van der Waals surface area contributed by atoms with Gasteiger partial charge in [-0.2, -0.15) is 0 Å². The fourth-order valence-electron chi connectivity index (χ4n) is 3.33. The first-order valence-corrected chi connectivity index (χ1v) is 10.1. The first-order valence-electron chi connectivity index (χ1n) is 9.01. The first-order chi connectivity index (χ1) is 13.3. The molecule has 0 fully saturated rings. The Morgan fingerprint density at radius 2 is 1.41 bits per heavy atom. The number of pyridine rings is 1. The number of fused-ring (bicyclic) bond motifs is 1. The largest absolute Gasteiger partial charge is 0.482 e. The molecule has 0 saturated carbocycles. The van der Waals surface area contributed by atoms with E-state index >= 15 is 0 Å². The molecule has 1 heterocycles. The molecule has 0 aliphatic carbocycles. The maximum Gasteiger partial charge on any atom is 0.143 e. The van der Waals surface area contributed by atoms with Crippen molar-refractivity contribution >= 4 is 26.7 Å². The Morgan fingerprint density at radius 1 is 0.741 bits per heavy atom. The molecule has 0 N–H and O–H groups in total. The molecule has 0 bridgehead atoms. The van der Waals surface area contributed by atoms with E-state index in [2.05, 4.69) is 82.7 Å². The number of nitrogens with zero attached hydrogens (tertiary/aromatic N) is 1. The third-order valence-corrected chi connectivity index (χ3v) is 4.83. The highest BCUT2D eigenvalue weighted by molar-refractivity contribution is 9.09. The van der Waals surface area contributed by atoms with Gasteiger partial charge in [0, 0.05) is 23.9 Å². The lowest BCUT2D eigenvalue weighted by Crippen LogP contribution is -2.00. The lowest BCUT2D eigenvalue weighted by Gasteiger charge is -2.12. The molecule has 2 nitrogen and oxygen atoms in total. The Morgan fingerprint density at radius 3 is 2.07 bits per heavy atom. The molecule has 27 heavy (non-hydrogen) atoms. The number of benzene rings is 3. The number of ether oxygens (including phenoxy) is 1. The summed E-state index contributed by atoms with van der Waals surface area (Å²) in [6.45, 7) is 0. The lowest BCUT2D eigenvalue weighted by atomic mass is 10.0. The standard InChI is InChI=1S/C24H20BrNO/c25-17-27-22-12-11-20-15-21(13-18-7-3-1-4-8-18)26-24(23(20)16-22)14-19-9-5-2-6-10-19/h1-12,15-16H,13-14,17H2. The molecular weight excluding hydrogens is 398 g/mol. The molecule has 0 spiro atoms. The predicted octanol–water partition coefficient (Wildman–Crippen LogP) is 6.15. The minimum Gasteiger partial charge on any atom is -0.482 e. The van der Waals surface area contributed by atoms with Crippen LogP contribution in [0.5, 0.6) is 5.75 Å². The smallest absolute Gasteiger partial charge is 0.143 e. The van der Waals surface area contributed by atoms with E-state index in [-0.39, 0.29) is 0 Å². The third-order valence-electron chi connectivity index (χ3n) is 4.60. The molecule has 134 valence electrons. The van der Waals surface area contributed by atoms with E-state index < -0.39 is 0 Å². The van der Waals surface area contributed by atoms with Crippen LogP contribution in [-0.4, -0.2) is 10.5 Å². The van der Waals surface area contributed by atoms with E-state index in [1.54, 1.807) is 0 Å². The predicted molar refractivity (Wildman–Crippen MR) is 115 cm³/mol. The van der Waals surface area contributed by atoms with Crippen molar-refractivity contribution in [2.24, 2.45) is 0 Å². The van der Waals surface area contributed by atoms with Crippen molar-refractivity contribution in [2.75, 3.05) is 5.52 Å². The van der Waals surface area contributed by atoms with Crippen molar-refractivity contribution < 1.29 is 4.74 Å². The van der Waals surface area contributed by atoms with Gasteiger partial charge in [-0.05, 0) is 50.6 Å². The Bertz CT molecular complexity index is 1030. The van der Waals surface area contributed by atoms with E-state index in [9.17, 15) is 0 Å². The summed E-state index contributed by atoms with van der Waals surface area (Å²) in [6.07, 6.45) is 1.63. The van der Waals surface area contributed by atoms with Crippen LogP contribution in [0.1, 0.15) is 22.5 Å². The Balaban J connectivity index is 1.78. The van der Waals surface area contributed by atoms with Crippen LogP contribution in [0.25, 0.3) is 10.8 Å². The van der Waals surface area contributed by atoms with Gasteiger partial charge < -0.3 is 4.74 Å². The maximum absolute atomic E-state index is 5.63. The number of hydrogen-bond donors (Lipinski definition) is 0. The number of halogens is 1. The molecule has 4 aromatic rings. The number of alkyl halides is 1. The maximum atomic E-state index is 5.63. The quantitative estimate of drug-likeness (QED) is 0.351. The molecule has 1 aromatic heterocycles. The summed E-state index contributed by atoms with van der Waals surface area (Å²) in [5.74, 6) is 0.853. The van der Waals surface area contributed by atoms with Gasteiger partial charge in [-0.1, -0.05) is 66.7 Å². The van der Waals surface area contributed by atoms with Gasteiger partial charge in [-0.25, -0.2) is 0 Å². The van der Waals surface area contributed by atoms with Crippen molar-refractivity contribution in [3.05, 3.63) is 107 Å². The van der Waals surface area contributed by atoms with Gasteiger partial charge >= 0.3 is 0 Å². The molecule has 0 aliphatic heterocycles. The van der Waals surface area contributed by atoms with Crippen LogP contribution in [0.15, 0.2) is 84.9 Å². The molecule has 3 aromatic carbocycles. The zero-order valence-electron chi connectivity index (χ0n) is 14.9. The molecule has 0 aliphatic rings. The number of rotatable bonds is 6. The summed E-state index contributed by atoms with van der Waals surface area (Å²) >= 11 is 3.33. The van der Waals surface area contributed by atoms with Gasteiger partial charge in [-0.15, -0.1) is 0 Å². The zero-order valence-corrected chi connectivity index (χ0v) is 16.5. The van der Waals surface area contributed by atoms with E-state index in [1.807, 2.05) is 18.2 Å². The summed E-state index contributed by atoms with van der Waals surface area (Å²) in [5, 5.41) is 2.35. The van der Waals surface area contributed by atoms with Gasteiger partial charge in [0.2, 0.25) is 0 Å². The summed E-state index contributed by atoms with van der Waals surface area (Å²) in [6, 6.07) is 29.4. The van der Waals surface area contributed by atoms with Crippen molar-refractivity contribution in [3.8, 4) is 5.75 Å². The van der Waals surface area contributed by atoms with Crippen molar-refractivity contribution in [3.63, 3.8) is 0 Å². The highest BCUT2D eigenvalue weighted by atomic mass is 79.9. The molecule has 4 rings (SSSR count). The van der Waals surface area contributed by atoms with Crippen LogP contribution in [0, 0.1) is 0 Å². The van der Waals surface area contributed by atoms with E-state index in [0.717, 1.165) is 35.4 Å². The average Bonchev–Trinajstić information content (AvgIpc) is 2.70. The van der Waals surface area contributed by atoms with Crippen LogP contribution in [-0.2, 0) is 12.8 Å². The zero-order chi connectivity index (χ0) is 18.5. The topological polar surface area (TPSA) is 22.1 Å². The third kappa shape index (κ3) is 4.37. The average molecular weight is 418 g/mol. The molecular formula is C24H20BrNO. The monoisotopic (exact) mass is 417 g/mol. The van der Waals surface area contributed by atoms with E-state index in [4.69, 9.17) is 9.72 Å². The molecule has 0 unspecified atom stereocenters. The Hall–Kier alpha value is -2.65. The van der Waals surface area contributed by atoms with Crippen molar-refractivity contribution in [1.29, 1.82) is 0 Å². The number of hydrogen-bond acceptors (Lipinski definition) is 2. The van der Waals surface area contributed by atoms with Crippen LogP contribution < -0.4 is 4.74 Å².